The van der Waals surface area contributed by atoms with E-state index in [2.05, 4.69) is 15.5 Å². The van der Waals surface area contributed by atoms with E-state index >= 15 is 0 Å². The lowest BCUT2D eigenvalue weighted by Crippen LogP contribution is -2.12. The van der Waals surface area contributed by atoms with E-state index in [0.717, 1.165) is 16.1 Å². The Morgan fingerprint density at radius 3 is 2.33 bits per heavy atom. The van der Waals surface area contributed by atoms with Gasteiger partial charge in [0.05, 0.1) is 5.69 Å². The summed E-state index contributed by atoms with van der Waals surface area (Å²) in [6.45, 7) is 6.13. The van der Waals surface area contributed by atoms with Gasteiger partial charge < -0.3 is 10.2 Å². The van der Waals surface area contributed by atoms with Gasteiger partial charge >= 0.3 is 0 Å². The highest BCUT2D eigenvalue weighted by molar-refractivity contribution is 7.99. The monoisotopic (exact) mass is 342 g/mol. The molecular formula is C17H18N4O2S. The second-order valence-electron chi connectivity index (χ2n) is 6.40. The molecule has 0 bridgehead atoms. The van der Waals surface area contributed by atoms with Crippen molar-refractivity contribution in [1.82, 2.24) is 20.2 Å². The van der Waals surface area contributed by atoms with Crippen LogP contribution in [0.1, 0.15) is 26.3 Å². The third kappa shape index (κ3) is 3.21. The SMILES string of the molecule is CC(C)(C)c1cc(O)c(O)cc1Sc1nnnn1-c1ccccc1. The molecule has 0 saturated heterocycles. The standard InChI is InChI=1S/C17H18N4O2S/c1-17(2,3)12-9-13(22)14(23)10-15(12)24-16-18-19-20-21(16)11-7-5-4-6-8-11/h4-10,22-23H,1-3H3. The summed E-state index contributed by atoms with van der Waals surface area (Å²) < 4.78 is 1.64. The molecule has 2 N–H and O–H groups in total. The molecule has 1 heterocycles. The molecule has 0 amide bonds. The highest BCUT2D eigenvalue weighted by atomic mass is 32.2. The van der Waals surface area contributed by atoms with E-state index in [1.165, 1.54) is 11.8 Å². The first-order chi connectivity index (χ1) is 11.4. The largest absolute Gasteiger partial charge is 0.504 e. The van der Waals surface area contributed by atoms with E-state index in [-0.39, 0.29) is 16.9 Å². The number of tetrazole rings is 1. The summed E-state index contributed by atoms with van der Waals surface area (Å²) in [7, 11) is 0. The minimum Gasteiger partial charge on any atom is -0.504 e. The number of aromatic hydroxyl groups is 2. The number of nitrogens with zero attached hydrogens (tertiary/aromatic N) is 4. The van der Waals surface area contributed by atoms with Gasteiger partial charge in [-0.2, -0.15) is 4.68 Å². The molecule has 0 aliphatic carbocycles. The van der Waals surface area contributed by atoms with Crippen molar-refractivity contribution in [2.75, 3.05) is 0 Å². The van der Waals surface area contributed by atoms with Gasteiger partial charge in [0, 0.05) is 4.90 Å². The molecule has 0 atom stereocenters. The van der Waals surface area contributed by atoms with Gasteiger partial charge in [-0.15, -0.1) is 5.10 Å². The predicted octanol–water partition coefficient (Wildman–Crippen LogP) is 3.52. The van der Waals surface area contributed by atoms with Crippen LogP contribution in [0.5, 0.6) is 11.5 Å². The quantitative estimate of drug-likeness (QED) is 0.709. The van der Waals surface area contributed by atoms with Crippen LogP contribution in [0, 0.1) is 0 Å². The number of para-hydroxylation sites is 1. The molecule has 0 unspecified atom stereocenters. The molecule has 24 heavy (non-hydrogen) atoms. The minimum atomic E-state index is -0.210. The molecule has 3 aromatic rings. The maximum Gasteiger partial charge on any atom is 0.218 e. The van der Waals surface area contributed by atoms with Crippen molar-refractivity contribution in [2.24, 2.45) is 0 Å². The zero-order valence-electron chi connectivity index (χ0n) is 13.6. The van der Waals surface area contributed by atoms with Crippen LogP contribution in [0.15, 0.2) is 52.5 Å². The molecule has 0 fully saturated rings. The lowest BCUT2D eigenvalue weighted by molar-refractivity contribution is 0.399. The number of benzene rings is 2. The Balaban J connectivity index is 2.05. The Bertz CT molecular complexity index is 857. The first-order valence-electron chi connectivity index (χ1n) is 7.44. The Morgan fingerprint density at radius 2 is 1.67 bits per heavy atom. The number of hydrogen-bond acceptors (Lipinski definition) is 6. The Hall–Kier alpha value is -2.54. The van der Waals surface area contributed by atoms with Gasteiger partial charge in [0.2, 0.25) is 5.16 Å². The van der Waals surface area contributed by atoms with E-state index in [1.54, 1.807) is 16.8 Å². The molecule has 0 spiro atoms. The van der Waals surface area contributed by atoms with E-state index < -0.39 is 0 Å². The van der Waals surface area contributed by atoms with E-state index in [0.29, 0.717) is 5.16 Å². The van der Waals surface area contributed by atoms with Crippen LogP contribution in [0.3, 0.4) is 0 Å². The molecule has 0 aliphatic rings. The van der Waals surface area contributed by atoms with Crippen molar-refractivity contribution in [1.29, 1.82) is 0 Å². The Labute approximate surface area is 144 Å². The summed E-state index contributed by atoms with van der Waals surface area (Å²) in [5.74, 6) is -0.295. The van der Waals surface area contributed by atoms with Crippen LogP contribution in [0.2, 0.25) is 0 Å². The predicted molar refractivity (Wildman–Crippen MR) is 91.7 cm³/mol. The second kappa shape index (κ2) is 6.16. The van der Waals surface area contributed by atoms with Crippen molar-refractivity contribution >= 4 is 11.8 Å². The second-order valence-corrected chi connectivity index (χ2v) is 7.41. The topological polar surface area (TPSA) is 84.1 Å². The average Bonchev–Trinajstić information content (AvgIpc) is 2.98. The molecule has 124 valence electrons. The zero-order chi connectivity index (χ0) is 17.3. The van der Waals surface area contributed by atoms with Crippen LogP contribution < -0.4 is 0 Å². The third-order valence-corrected chi connectivity index (χ3v) is 4.52. The zero-order valence-corrected chi connectivity index (χ0v) is 14.4. The number of rotatable bonds is 3. The fraction of sp³-hybridized carbons (Fsp3) is 0.235. The summed E-state index contributed by atoms with van der Waals surface area (Å²) in [5.41, 5.74) is 1.55. The van der Waals surface area contributed by atoms with Gasteiger partial charge in [0.25, 0.3) is 0 Å². The minimum absolute atomic E-state index is 0.132. The maximum absolute atomic E-state index is 9.88. The first kappa shape index (κ1) is 16.3. The van der Waals surface area contributed by atoms with E-state index in [4.69, 9.17) is 0 Å². The number of phenolic OH excluding ortho intramolecular Hbond substituents is 2. The molecule has 0 radical (unpaired) electrons. The van der Waals surface area contributed by atoms with E-state index in [9.17, 15) is 10.2 Å². The van der Waals surface area contributed by atoms with E-state index in [1.807, 2.05) is 51.1 Å². The summed E-state index contributed by atoms with van der Waals surface area (Å²) >= 11 is 1.35. The molecule has 1 aromatic heterocycles. The first-order valence-corrected chi connectivity index (χ1v) is 8.26. The fourth-order valence-corrected chi connectivity index (χ4v) is 3.45. The highest BCUT2D eigenvalue weighted by Crippen LogP contribution is 2.41. The van der Waals surface area contributed by atoms with Crippen molar-refractivity contribution in [3.63, 3.8) is 0 Å². The van der Waals surface area contributed by atoms with Crippen LogP contribution in [-0.2, 0) is 5.41 Å². The Kier molecular flexibility index (Phi) is 4.19. The summed E-state index contributed by atoms with van der Waals surface area (Å²) in [5, 5.41) is 32.2. The van der Waals surface area contributed by atoms with Gasteiger partial charge in [-0.3, -0.25) is 0 Å². The lowest BCUT2D eigenvalue weighted by Gasteiger charge is -2.23. The van der Waals surface area contributed by atoms with Crippen LogP contribution in [-0.4, -0.2) is 30.4 Å². The van der Waals surface area contributed by atoms with Crippen LogP contribution >= 0.6 is 11.8 Å². The normalized spacial score (nSPS) is 11.6. The van der Waals surface area contributed by atoms with Gasteiger partial charge in [0.1, 0.15) is 0 Å². The van der Waals surface area contributed by atoms with Crippen LogP contribution in [0.25, 0.3) is 5.69 Å². The van der Waals surface area contributed by atoms with Crippen molar-refractivity contribution < 1.29 is 10.2 Å². The summed E-state index contributed by atoms with van der Waals surface area (Å²) in [6, 6.07) is 12.7. The Morgan fingerprint density at radius 1 is 1.00 bits per heavy atom. The number of phenols is 2. The lowest BCUT2D eigenvalue weighted by atomic mass is 9.87. The molecule has 0 aliphatic heterocycles. The molecule has 2 aromatic carbocycles. The summed E-state index contributed by atoms with van der Waals surface area (Å²) in [4.78, 5) is 0.796. The molecule has 3 rings (SSSR count). The highest BCUT2D eigenvalue weighted by Gasteiger charge is 2.23. The summed E-state index contributed by atoms with van der Waals surface area (Å²) in [6.07, 6.45) is 0. The number of aromatic nitrogens is 4. The van der Waals surface area contributed by atoms with Gasteiger partial charge in [0.15, 0.2) is 11.5 Å². The average molecular weight is 342 g/mol. The molecule has 7 heteroatoms. The van der Waals surface area contributed by atoms with Crippen molar-refractivity contribution in [2.45, 2.75) is 36.2 Å². The maximum atomic E-state index is 9.88. The van der Waals surface area contributed by atoms with Gasteiger partial charge in [-0.05, 0) is 57.4 Å². The van der Waals surface area contributed by atoms with Crippen molar-refractivity contribution in [3.05, 3.63) is 48.0 Å². The van der Waals surface area contributed by atoms with Gasteiger partial charge in [-0.1, -0.05) is 39.0 Å². The molecule has 6 nitrogen and oxygen atoms in total. The van der Waals surface area contributed by atoms with Crippen molar-refractivity contribution in [3.8, 4) is 17.2 Å². The smallest absolute Gasteiger partial charge is 0.218 e. The van der Waals surface area contributed by atoms with Gasteiger partial charge in [-0.25, -0.2) is 0 Å². The molecule has 0 saturated carbocycles. The molecular weight excluding hydrogens is 324 g/mol. The fourth-order valence-electron chi connectivity index (χ4n) is 2.30. The number of hydrogen-bond donors (Lipinski definition) is 2. The third-order valence-electron chi connectivity index (χ3n) is 3.53. The van der Waals surface area contributed by atoms with Crippen LogP contribution in [0.4, 0.5) is 0 Å².